The lowest BCUT2D eigenvalue weighted by Crippen LogP contribution is -2.35. The summed E-state index contributed by atoms with van der Waals surface area (Å²) in [6.45, 7) is 2.18. The summed E-state index contributed by atoms with van der Waals surface area (Å²) in [5.41, 5.74) is 2.11. The number of hydrogen-bond donors (Lipinski definition) is 0. The van der Waals surface area contributed by atoms with Crippen LogP contribution in [0.3, 0.4) is 0 Å². The minimum absolute atomic E-state index is 0.123. The van der Waals surface area contributed by atoms with E-state index in [2.05, 4.69) is 0 Å². The molecule has 3 aromatic rings. The minimum Gasteiger partial charge on any atom is -0.490 e. The van der Waals surface area contributed by atoms with Crippen molar-refractivity contribution in [1.29, 1.82) is 0 Å². The lowest BCUT2D eigenvalue weighted by Gasteiger charge is -2.19. The van der Waals surface area contributed by atoms with Crippen LogP contribution in [0.1, 0.15) is 18.1 Å². The van der Waals surface area contributed by atoms with Crippen molar-refractivity contribution < 1.29 is 23.8 Å². The number of amides is 1. The molecule has 1 aliphatic heterocycles. The maximum absolute atomic E-state index is 13.6. The number of ether oxygens (including phenoxy) is 3. The topological polar surface area (TPSA) is 68.3 Å². The van der Waals surface area contributed by atoms with Gasteiger partial charge >= 0.3 is 5.97 Å². The second-order valence-corrected chi connectivity index (χ2v) is 9.91. The van der Waals surface area contributed by atoms with Gasteiger partial charge in [0.25, 0.3) is 5.91 Å². The first-order valence-corrected chi connectivity index (χ1v) is 13.3. The number of thiocarbonyl (C=S) groups is 1. The van der Waals surface area contributed by atoms with Gasteiger partial charge in [0.2, 0.25) is 0 Å². The van der Waals surface area contributed by atoms with Crippen molar-refractivity contribution in [2.24, 2.45) is 0 Å². The van der Waals surface area contributed by atoms with E-state index in [1.54, 1.807) is 54.6 Å². The third-order valence-corrected chi connectivity index (χ3v) is 6.85. The molecule has 0 unspecified atom stereocenters. The number of hydrogen-bond acceptors (Lipinski definition) is 6. The van der Waals surface area contributed by atoms with Crippen LogP contribution in [0.2, 0.25) is 15.1 Å². The van der Waals surface area contributed by atoms with E-state index >= 15 is 0 Å². The maximum Gasteiger partial charge on any atom is 0.325 e. The van der Waals surface area contributed by atoms with Crippen LogP contribution in [0.15, 0.2) is 66.4 Å². The van der Waals surface area contributed by atoms with Gasteiger partial charge in [-0.15, -0.1) is 0 Å². The van der Waals surface area contributed by atoms with Gasteiger partial charge in [0.05, 0.1) is 24.4 Å². The van der Waals surface area contributed by atoms with Gasteiger partial charge in [0, 0.05) is 10.0 Å². The van der Waals surface area contributed by atoms with Crippen molar-refractivity contribution in [3.05, 3.63) is 92.6 Å². The summed E-state index contributed by atoms with van der Waals surface area (Å²) in [6.07, 6.45) is 1.59. The van der Waals surface area contributed by atoms with Crippen molar-refractivity contribution >= 4 is 75.8 Å². The monoisotopic (exact) mass is 604 g/mol. The summed E-state index contributed by atoms with van der Waals surface area (Å²) >= 11 is 24.2. The fraction of sp³-hybridized carbons (Fsp3) is 0.179. The Morgan fingerprint density at radius 1 is 0.974 bits per heavy atom. The molecule has 7 nitrogen and oxygen atoms in total. The zero-order chi connectivity index (χ0) is 28.1. The Bertz CT molecular complexity index is 1430. The number of anilines is 1. The normalized spacial score (nSPS) is 14.2. The van der Waals surface area contributed by atoms with E-state index in [-0.39, 0.29) is 29.0 Å². The first kappa shape index (κ1) is 28.7. The molecule has 0 atom stereocenters. The van der Waals surface area contributed by atoms with Crippen LogP contribution in [0.5, 0.6) is 11.5 Å². The Kier molecular flexibility index (Phi) is 9.35. The lowest BCUT2D eigenvalue weighted by atomic mass is 10.1. The Labute approximate surface area is 246 Å². The van der Waals surface area contributed by atoms with Crippen LogP contribution < -0.4 is 14.4 Å². The van der Waals surface area contributed by atoms with Gasteiger partial charge in [-0.1, -0.05) is 46.9 Å². The third-order valence-electron chi connectivity index (χ3n) is 5.67. The molecular formula is C28H23Cl3N2O5S. The first-order valence-electron chi connectivity index (χ1n) is 11.8. The Balaban J connectivity index is 1.70. The van der Waals surface area contributed by atoms with Crippen LogP contribution in [0.4, 0.5) is 5.69 Å². The molecule has 11 heteroatoms. The van der Waals surface area contributed by atoms with Gasteiger partial charge in [-0.25, -0.2) is 0 Å². The minimum atomic E-state index is -0.562. The predicted molar refractivity (Wildman–Crippen MR) is 157 cm³/mol. The molecule has 1 aliphatic rings. The van der Waals surface area contributed by atoms with Crippen molar-refractivity contribution in [2.45, 2.75) is 13.5 Å². The molecule has 202 valence electrons. The highest BCUT2D eigenvalue weighted by Gasteiger charge is 2.40. The second kappa shape index (κ2) is 12.7. The Morgan fingerprint density at radius 2 is 1.62 bits per heavy atom. The molecule has 1 amide bonds. The molecule has 0 saturated carbocycles. The summed E-state index contributed by atoms with van der Waals surface area (Å²) in [7, 11) is 1.26. The summed E-state index contributed by atoms with van der Waals surface area (Å²) < 4.78 is 16.6. The molecule has 1 fully saturated rings. The average molecular weight is 606 g/mol. The third kappa shape index (κ3) is 6.65. The molecule has 3 aromatic carbocycles. The van der Waals surface area contributed by atoms with Crippen molar-refractivity contribution in [3.8, 4) is 11.5 Å². The number of esters is 1. The molecular weight excluding hydrogens is 583 g/mol. The van der Waals surface area contributed by atoms with E-state index < -0.39 is 11.9 Å². The van der Waals surface area contributed by atoms with Crippen LogP contribution in [-0.4, -0.2) is 42.2 Å². The number of nitrogens with zero attached hydrogens (tertiary/aromatic N) is 2. The van der Waals surface area contributed by atoms with E-state index in [0.29, 0.717) is 39.4 Å². The van der Waals surface area contributed by atoms with Crippen LogP contribution >= 0.6 is 47.0 Å². The van der Waals surface area contributed by atoms with E-state index in [1.807, 2.05) is 19.1 Å². The largest absolute Gasteiger partial charge is 0.490 e. The highest BCUT2D eigenvalue weighted by Crippen LogP contribution is 2.39. The van der Waals surface area contributed by atoms with Crippen molar-refractivity contribution in [2.75, 3.05) is 25.2 Å². The molecule has 1 saturated heterocycles. The second-order valence-electron chi connectivity index (χ2n) is 8.27. The van der Waals surface area contributed by atoms with Gasteiger partial charge in [0.1, 0.15) is 18.8 Å². The first-order chi connectivity index (χ1) is 18.7. The number of carbonyl (C=O) groups is 2. The zero-order valence-electron chi connectivity index (χ0n) is 20.9. The standard InChI is InChI=1S/C28H23Cl3N2O5S/c1-3-37-24-14-18(12-22(31)26(24)38-16-17-4-6-19(29)7-5-17)13-23-27(35)33(21-10-8-20(30)9-11-21)28(39)32(23)15-25(34)36-2/h4-14H,3,15-16H2,1-2H3/b23-13-. The molecule has 0 bridgehead atoms. The van der Waals surface area contributed by atoms with E-state index in [0.717, 1.165) is 5.56 Å². The quantitative estimate of drug-likeness (QED) is 0.151. The van der Waals surface area contributed by atoms with Crippen LogP contribution in [-0.2, 0) is 20.9 Å². The number of halogens is 3. The zero-order valence-corrected chi connectivity index (χ0v) is 24.0. The molecule has 4 rings (SSSR count). The van der Waals surface area contributed by atoms with Crippen LogP contribution in [0.25, 0.3) is 6.08 Å². The highest BCUT2D eigenvalue weighted by molar-refractivity contribution is 7.80. The van der Waals surface area contributed by atoms with Gasteiger partial charge in [-0.05, 0) is 84.9 Å². The fourth-order valence-corrected chi connectivity index (χ4v) is 4.69. The maximum atomic E-state index is 13.6. The molecule has 0 radical (unpaired) electrons. The van der Waals surface area contributed by atoms with Gasteiger partial charge in [0.15, 0.2) is 16.6 Å². The average Bonchev–Trinajstić information content (AvgIpc) is 3.13. The molecule has 0 aliphatic carbocycles. The van der Waals surface area contributed by atoms with E-state index in [1.165, 1.54) is 16.9 Å². The summed E-state index contributed by atoms with van der Waals surface area (Å²) in [5, 5.41) is 1.54. The highest BCUT2D eigenvalue weighted by atomic mass is 35.5. The van der Waals surface area contributed by atoms with E-state index in [4.69, 9.17) is 61.2 Å². The molecule has 0 aromatic heterocycles. The van der Waals surface area contributed by atoms with Crippen molar-refractivity contribution in [1.82, 2.24) is 4.90 Å². The van der Waals surface area contributed by atoms with Gasteiger partial charge in [-0.3, -0.25) is 14.5 Å². The number of methoxy groups -OCH3 is 1. The number of carbonyl (C=O) groups excluding carboxylic acids is 2. The Morgan fingerprint density at radius 3 is 2.23 bits per heavy atom. The molecule has 0 N–H and O–H groups in total. The Hall–Kier alpha value is -3.30. The van der Waals surface area contributed by atoms with Crippen LogP contribution in [0, 0.1) is 0 Å². The van der Waals surface area contributed by atoms with Crippen molar-refractivity contribution in [3.63, 3.8) is 0 Å². The molecule has 1 heterocycles. The lowest BCUT2D eigenvalue weighted by molar-refractivity contribution is -0.140. The van der Waals surface area contributed by atoms with Gasteiger partial charge in [-0.2, -0.15) is 0 Å². The summed E-state index contributed by atoms with van der Waals surface area (Å²) in [6, 6.07) is 17.2. The van der Waals surface area contributed by atoms with Gasteiger partial charge < -0.3 is 19.1 Å². The SMILES string of the molecule is CCOc1cc(/C=C2/C(=O)N(c3ccc(Cl)cc3)C(=S)N2CC(=O)OC)cc(Cl)c1OCc1ccc(Cl)cc1. The fourth-order valence-electron chi connectivity index (χ4n) is 3.81. The smallest absolute Gasteiger partial charge is 0.325 e. The van der Waals surface area contributed by atoms with E-state index in [9.17, 15) is 9.59 Å². The number of benzene rings is 3. The predicted octanol–water partition coefficient (Wildman–Crippen LogP) is 6.77. The molecule has 39 heavy (non-hydrogen) atoms. The molecule has 0 spiro atoms. The summed E-state index contributed by atoms with van der Waals surface area (Å²) in [4.78, 5) is 28.5. The number of rotatable bonds is 9. The summed E-state index contributed by atoms with van der Waals surface area (Å²) in [5.74, 6) is -0.234.